The SMILES string of the molecule is CCN1C(=O)/C(=C\c2cccc(OCCC(=O)O)c2)S/C1=N/c1nnc(C)s1. The molecule has 1 amide bonds. The minimum Gasteiger partial charge on any atom is -0.493 e. The summed E-state index contributed by atoms with van der Waals surface area (Å²) in [7, 11) is 0. The second-order valence-corrected chi connectivity index (χ2v) is 7.89. The molecular weight excluding hydrogens is 400 g/mol. The molecule has 0 unspecified atom stereocenters. The predicted molar refractivity (Wildman–Crippen MR) is 109 cm³/mol. The molecule has 0 bridgehead atoms. The van der Waals surface area contributed by atoms with Crippen LogP contribution in [0.1, 0.15) is 23.9 Å². The quantitative estimate of drug-likeness (QED) is 0.688. The number of carbonyl (C=O) groups excluding carboxylic acids is 1. The van der Waals surface area contributed by atoms with Crippen molar-refractivity contribution in [2.24, 2.45) is 4.99 Å². The van der Waals surface area contributed by atoms with Gasteiger partial charge in [-0.3, -0.25) is 14.5 Å². The van der Waals surface area contributed by atoms with Gasteiger partial charge in [-0.25, -0.2) is 0 Å². The van der Waals surface area contributed by atoms with E-state index in [4.69, 9.17) is 9.84 Å². The van der Waals surface area contributed by atoms with Crippen molar-refractivity contribution in [3.63, 3.8) is 0 Å². The molecule has 1 aliphatic rings. The summed E-state index contributed by atoms with van der Waals surface area (Å²) in [5.41, 5.74) is 0.785. The van der Waals surface area contributed by atoms with Crippen LogP contribution in [0.3, 0.4) is 0 Å². The molecule has 3 rings (SSSR count). The van der Waals surface area contributed by atoms with Crippen LogP contribution in [0, 0.1) is 6.92 Å². The Morgan fingerprint density at radius 3 is 2.89 bits per heavy atom. The third kappa shape index (κ3) is 4.96. The van der Waals surface area contributed by atoms with Crippen molar-refractivity contribution in [3.05, 3.63) is 39.7 Å². The van der Waals surface area contributed by atoms with Gasteiger partial charge in [-0.1, -0.05) is 23.5 Å². The minimum atomic E-state index is -0.914. The Kier molecular flexibility index (Phi) is 6.42. The zero-order valence-corrected chi connectivity index (χ0v) is 16.9. The Hall–Kier alpha value is -2.72. The number of hydrogen-bond acceptors (Lipinski definition) is 8. The largest absolute Gasteiger partial charge is 0.493 e. The van der Waals surface area contributed by atoms with Crippen LogP contribution in [-0.2, 0) is 9.59 Å². The lowest BCUT2D eigenvalue weighted by Gasteiger charge is -2.11. The van der Waals surface area contributed by atoms with E-state index in [0.29, 0.717) is 27.5 Å². The molecule has 146 valence electrons. The summed E-state index contributed by atoms with van der Waals surface area (Å²) in [6, 6.07) is 7.16. The van der Waals surface area contributed by atoms with Crippen LogP contribution < -0.4 is 4.74 Å². The van der Waals surface area contributed by atoms with Gasteiger partial charge in [-0.2, -0.15) is 4.99 Å². The fourth-order valence-corrected chi connectivity index (χ4v) is 4.05. The molecular formula is C18H18N4O4S2. The number of amides is 1. The topological polar surface area (TPSA) is 105 Å². The molecule has 2 heterocycles. The number of carbonyl (C=O) groups is 2. The number of aromatic nitrogens is 2. The van der Waals surface area contributed by atoms with Crippen LogP contribution in [-0.4, -0.2) is 50.4 Å². The van der Waals surface area contributed by atoms with Gasteiger partial charge in [0.15, 0.2) is 5.17 Å². The molecule has 1 aliphatic heterocycles. The predicted octanol–water partition coefficient (Wildman–Crippen LogP) is 3.32. The Bertz CT molecular complexity index is 955. The number of aliphatic carboxylic acids is 1. The summed E-state index contributed by atoms with van der Waals surface area (Å²) >= 11 is 2.65. The number of aliphatic imine (C=N–C) groups is 1. The molecule has 1 aromatic heterocycles. The van der Waals surface area contributed by atoms with Crippen molar-refractivity contribution in [3.8, 4) is 5.75 Å². The average molecular weight is 419 g/mol. The monoisotopic (exact) mass is 418 g/mol. The number of benzene rings is 1. The van der Waals surface area contributed by atoms with Gasteiger partial charge < -0.3 is 9.84 Å². The molecule has 1 aromatic carbocycles. The smallest absolute Gasteiger partial charge is 0.306 e. The van der Waals surface area contributed by atoms with Crippen LogP contribution >= 0.6 is 23.1 Å². The van der Waals surface area contributed by atoms with Gasteiger partial charge in [0.2, 0.25) is 5.13 Å². The van der Waals surface area contributed by atoms with E-state index in [1.165, 1.54) is 23.1 Å². The number of likely N-dealkylation sites (N-methyl/N-ethyl adjacent to an activating group) is 1. The first-order chi connectivity index (χ1) is 13.5. The van der Waals surface area contributed by atoms with E-state index in [2.05, 4.69) is 15.2 Å². The number of ether oxygens (including phenoxy) is 1. The summed E-state index contributed by atoms with van der Waals surface area (Å²) in [5.74, 6) is -0.482. The number of thioether (sulfide) groups is 1. The van der Waals surface area contributed by atoms with E-state index in [9.17, 15) is 9.59 Å². The first kappa shape index (κ1) is 20.0. The normalized spacial score (nSPS) is 16.9. The van der Waals surface area contributed by atoms with Crippen LogP contribution in [0.4, 0.5) is 5.13 Å². The molecule has 1 N–H and O–H groups in total. The lowest BCUT2D eigenvalue weighted by molar-refractivity contribution is -0.137. The van der Waals surface area contributed by atoms with E-state index in [0.717, 1.165) is 10.6 Å². The molecule has 2 aromatic rings. The highest BCUT2D eigenvalue weighted by Crippen LogP contribution is 2.34. The molecule has 10 heteroatoms. The molecule has 0 saturated carbocycles. The summed E-state index contributed by atoms with van der Waals surface area (Å²) in [6.07, 6.45) is 1.70. The number of nitrogens with zero attached hydrogens (tertiary/aromatic N) is 4. The van der Waals surface area contributed by atoms with Gasteiger partial charge in [-0.05, 0) is 49.4 Å². The Balaban J connectivity index is 1.79. The highest BCUT2D eigenvalue weighted by atomic mass is 32.2. The molecule has 0 aliphatic carbocycles. The van der Waals surface area contributed by atoms with Crippen LogP contribution in [0.25, 0.3) is 6.08 Å². The standard InChI is InChI=1S/C18H18N4O4S2/c1-3-22-16(25)14(28-18(22)19-17-21-20-11(2)27-17)10-12-5-4-6-13(9-12)26-8-7-15(23)24/h4-6,9-10H,3,7-8H2,1-2H3,(H,23,24)/b14-10+,19-18+. The lowest BCUT2D eigenvalue weighted by Crippen LogP contribution is -2.28. The van der Waals surface area contributed by atoms with E-state index in [-0.39, 0.29) is 18.9 Å². The molecule has 1 saturated heterocycles. The fraction of sp³-hybridized carbons (Fsp3) is 0.278. The van der Waals surface area contributed by atoms with Gasteiger partial charge in [0.25, 0.3) is 5.91 Å². The van der Waals surface area contributed by atoms with E-state index in [1.807, 2.05) is 19.9 Å². The van der Waals surface area contributed by atoms with Crippen molar-refractivity contribution < 1.29 is 19.4 Å². The third-order valence-electron chi connectivity index (χ3n) is 3.65. The van der Waals surface area contributed by atoms with Crippen LogP contribution in [0.2, 0.25) is 0 Å². The number of hydrogen-bond donors (Lipinski definition) is 1. The molecule has 0 spiro atoms. The maximum Gasteiger partial charge on any atom is 0.306 e. The van der Waals surface area contributed by atoms with E-state index >= 15 is 0 Å². The van der Waals surface area contributed by atoms with E-state index < -0.39 is 5.97 Å². The fourth-order valence-electron chi connectivity index (χ4n) is 2.39. The second-order valence-electron chi connectivity index (χ2n) is 5.72. The van der Waals surface area contributed by atoms with Crippen molar-refractivity contribution in [1.82, 2.24) is 15.1 Å². The zero-order valence-electron chi connectivity index (χ0n) is 15.3. The first-order valence-corrected chi connectivity index (χ1v) is 10.1. The van der Waals surface area contributed by atoms with Crippen molar-refractivity contribution in [2.45, 2.75) is 20.3 Å². The highest BCUT2D eigenvalue weighted by Gasteiger charge is 2.32. The third-order valence-corrected chi connectivity index (χ3v) is 5.39. The van der Waals surface area contributed by atoms with Crippen LogP contribution in [0.15, 0.2) is 34.2 Å². The number of aryl methyl sites for hydroxylation is 1. The van der Waals surface area contributed by atoms with Gasteiger partial charge in [0.05, 0.1) is 17.9 Å². The number of amidine groups is 1. The van der Waals surface area contributed by atoms with Crippen molar-refractivity contribution >= 4 is 51.4 Å². The minimum absolute atomic E-state index is 0.0734. The molecule has 0 atom stereocenters. The van der Waals surface area contributed by atoms with Crippen LogP contribution in [0.5, 0.6) is 5.75 Å². The van der Waals surface area contributed by atoms with Gasteiger partial charge in [0, 0.05) is 6.54 Å². The number of rotatable bonds is 7. The van der Waals surface area contributed by atoms with Gasteiger partial charge >= 0.3 is 5.97 Å². The summed E-state index contributed by atoms with van der Waals surface area (Å²) in [6.45, 7) is 4.32. The average Bonchev–Trinajstić information content (AvgIpc) is 3.18. The molecule has 8 nitrogen and oxygen atoms in total. The maximum absolute atomic E-state index is 12.7. The first-order valence-electron chi connectivity index (χ1n) is 8.51. The lowest BCUT2D eigenvalue weighted by atomic mass is 10.2. The summed E-state index contributed by atoms with van der Waals surface area (Å²) < 4.78 is 5.44. The number of carboxylic acids is 1. The zero-order chi connectivity index (χ0) is 20.1. The Labute approximate surface area is 169 Å². The Morgan fingerprint density at radius 2 is 2.21 bits per heavy atom. The van der Waals surface area contributed by atoms with Crippen molar-refractivity contribution in [2.75, 3.05) is 13.2 Å². The van der Waals surface area contributed by atoms with Gasteiger partial charge in [-0.15, -0.1) is 10.2 Å². The molecule has 28 heavy (non-hydrogen) atoms. The maximum atomic E-state index is 12.7. The highest BCUT2D eigenvalue weighted by molar-refractivity contribution is 8.18. The van der Waals surface area contributed by atoms with Gasteiger partial charge in [0.1, 0.15) is 10.8 Å². The second kappa shape index (κ2) is 8.98. The molecule has 0 radical (unpaired) electrons. The summed E-state index contributed by atoms with van der Waals surface area (Å²) in [5, 5.41) is 18.5. The molecule has 1 fully saturated rings. The summed E-state index contributed by atoms with van der Waals surface area (Å²) in [4.78, 5) is 29.9. The van der Waals surface area contributed by atoms with Crippen molar-refractivity contribution in [1.29, 1.82) is 0 Å². The Morgan fingerprint density at radius 1 is 1.39 bits per heavy atom. The number of carboxylic acid groups (broad SMARTS) is 1. The van der Waals surface area contributed by atoms with E-state index in [1.54, 1.807) is 29.2 Å².